The molecule has 636 valence electrons. The summed E-state index contributed by atoms with van der Waals surface area (Å²) in [5.74, 6) is 1.08. The summed E-state index contributed by atoms with van der Waals surface area (Å²) in [6.45, 7) is 8.88. The molecular formula is C81H96N18O21. The average Bonchev–Trinajstić information content (AvgIpc) is 1.69. The van der Waals surface area contributed by atoms with Crippen molar-refractivity contribution in [2.45, 2.75) is 154 Å². The van der Waals surface area contributed by atoms with Gasteiger partial charge in [0.05, 0.1) is 39.9 Å². The van der Waals surface area contributed by atoms with Gasteiger partial charge < -0.3 is 41.7 Å². The molecule has 6 saturated heterocycles. The molecule has 0 aliphatic carbocycles. The van der Waals surface area contributed by atoms with E-state index in [2.05, 4.69) is 33.1 Å². The number of carbonyl (C=O) groups is 19. The molecule has 5 aromatic carbocycles. The summed E-state index contributed by atoms with van der Waals surface area (Å²) in [5.41, 5.74) is 16.9. The molecule has 39 nitrogen and oxygen atoms in total. The fourth-order valence-electron chi connectivity index (χ4n) is 14.8. The predicted octanol–water partition coefficient (Wildman–Crippen LogP) is 1.83. The molecule has 0 radical (unpaired) electrons. The van der Waals surface area contributed by atoms with Crippen molar-refractivity contribution in [3.05, 3.63) is 178 Å². The number of ketones is 5. The predicted molar refractivity (Wildman–Crippen MR) is 422 cm³/mol. The molecule has 9 aliphatic rings. The molecule has 5 aromatic rings. The molecular weight excluding hydrogens is 1560 g/mol. The summed E-state index contributed by atoms with van der Waals surface area (Å²) in [6.07, 6.45) is 2.46. The van der Waals surface area contributed by atoms with Crippen molar-refractivity contribution in [3.63, 3.8) is 0 Å². The Hall–Kier alpha value is -13.4. The number of imide groups is 3. The molecule has 6 fully saturated rings. The van der Waals surface area contributed by atoms with Crippen LogP contribution in [0, 0.1) is 0 Å². The van der Waals surface area contributed by atoms with E-state index in [0.717, 1.165) is 41.7 Å². The number of carbonyl (C=O) groups excluding carboxylic acids is 19. The van der Waals surface area contributed by atoms with Crippen LogP contribution in [-0.2, 0) is 65.8 Å². The number of benzene rings is 5. The number of nitrogens with zero attached hydrogens (tertiary/aromatic N) is 10. The molecule has 16 amide bonds. The monoisotopic (exact) mass is 1660 g/mol. The summed E-state index contributed by atoms with van der Waals surface area (Å²) in [4.78, 5) is 241. The van der Waals surface area contributed by atoms with Gasteiger partial charge in [-0.1, -0.05) is 97.1 Å². The SMILES string of the molecule is CC(=O)[C@@H]1CCCN(C(=O)OCc2ccccc2)N1C(=O)[C@H](CNC(=O)OCc1ccccc1)N1C(=O)c2ccccc2C1=O.CC(=O)[C@@H]1CCCN2C(=O)NC[C@H](N)C(=O)N12.CC(=O)[C@@H]1CCCN2C(=O)NC[C@H](N3C(=O)c4ccccc4C3=O)C(=O)N12.CC(=O)[C@@H]1CCCNN1C(=O)[C@H](CN)N1C(=O)c2ccccc2C1=O.CC(C)=O.NN. The highest BCUT2D eigenvalue weighted by atomic mass is 16.6. The number of ether oxygens (including phenoxy) is 2. The molecule has 0 saturated carbocycles. The van der Waals surface area contributed by atoms with E-state index >= 15 is 0 Å². The molecule has 39 heteroatoms. The lowest BCUT2D eigenvalue weighted by atomic mass is 10.0. The minimum Gasteiger partial charge on any atom is -0.445 e. The first kappa shape index (κ1) is 90.5. The van der Waals surface area contributed by atoms with Crippen LogP contribution in [0.15, 0.2) is 133 Å². The van der Waals surface area contributed by atoms with Crippen LogP contribution in [0.25, 0.3) is 0 Å². The number of fused-ring (bicyclic) bond motifs is 5. The van der Waals surface area contributed by atoms with Gasteiger partial charge in [-0.25, -0.2) is 54.7 Å². The fourth-order valence-corrected chi connectivity index (χ4v) is 14.8. The first-order valence-corrected chi connectivity index (χ1v) is 38.7. The van der Waals surface area contributed by atoms with Crippen molar-refractivity contribution in [1.82, 2.24) is 71.1 Å². The van der Waals surface area contributed by atoms with E-state index in [4.69, 9.17) is 20.9 Å². The molecule has 14 rings (SSSR count). The number of hydrazine groups is 5. The molecule has 12 N–H and O–H groups in total. The smallest absolute Gasteiger partial charge is 0.429 e. The van der Waals surface area contributed by atoms with Gasteiger partial charge in [-0.15, -0.1) is 0 Å². The van der Waals surface area contributed by atoms with E-state index in [1.54, 1.807) is 97.1 Å². The molecule has 120 heavy (non-hydrogen) atoms. The maximum atomic E-state index is 14.4. The minimum absolute atomic E-state index is 0.0462. The maximum absolute atomic E-state index is 14.4. The Morgan fingerprint density at radius 3 is 1.28 bits per heavy atom. The third-order valence-electron chi connectivity index (χ3n) is 20.5. The van der Waals surface area contributed by atoms with Crippen LogP contribution < -0.4 is 44.5 Å². The first-order chi connectivity index (χ1) is 57.4. The van der Waals surface area contributed by atoms with Gasteiger partial charge in [-0.2, -0.15) is 0 Å². The van der Waals surface area contributed by atoms with Crippen molar-refractivity contribution < 1.29 is 101 Å². The van der Waals surface area contributed by atoms with E-state index in [0.29, 0.717) is 57.2 Å². The van der Waals surface area contributed by atoms with Crippen LogP contribution in [0.3, 0.4) is 0 Å². The Morgan fingerprint density at radius 1 is 0.458 bits per heavy atom. The third kappa shape index (κ3) is 20.2. The van der Waals surface area contributed by atoms with Gasteiger partial charge in [0.15, 0.2) is 23.1 Å². The lowest BCUT2D eigenvalue weighted by Crippen LogP contribution is -2.65. The van der Waals surface area contributed by atoms with Crippen molar-refractivity contribution >= 4 is 112 Å². The fraction of sp³-hybridized carbons (Fsp3) is 0.395. The number of nitrogens with two attached hydrogens (primary N) is 4. The van der Waals surface area contributed by atoms with Gasteiger partial charge in [0.25, 0.3) is 59.1 Å². The number of amides is 16. The molecule has 9 heterocycles. The normalized spacial score (nSPS) is 20.8. The van der Waals surface area contributed by atoms with Crippen molar-refractivity contribution in [3.8, 4) is 0 Å². The van der Waals surface area contributed by atoms with Crippen molar-refractivity contribution in [2.24, 2.45) is 23.2 Å². The molecule has 0 aromatic heterocycles. The van der Waals surface area contributed by atoms with Gasteiger partial charge >= 0.3 is 24.2 Å². The lowest BCUT2D eigenvalue weighted by molar-refractivity contribution is -0.165. The second kappa shape index (κ2) is 41.2. The van der Waals surface area contributed by atoms with Crippen LogP contribution >= 0.6 is 0 Å². The highest BCUT2D eigenvalue weighted by Crippen LogP contribution is 2.33. The second-order valence-electron chi connectivity index (χ2n) is 28.8. The number of nitrogens with one attached hydrogen (secondary N) is 4. The Morgan fingerprint density at radius 2 is 0.842 bits per heavy atom. The van der Waals surface area contributed by atoms with E-state index in [1.807, 2.05) is 12.1 Å². The largest absolute Gasteiger partial charge is 0.445 e. The van der Waals surface area contributed by atoms with E-state index < -0.39 is 132 Å². The van der Waals surface area contributed by atoms with Crippen LogP contribution in [-0.4, -0.2) is 263 Å². The number of hydrogen-bond acceptors (Lipinski definition) is 26. The zero-order chi connectivity index (χ0) is 87.5. The van der Waals surface area contributed by atoms with E-state index in [9.17, 15) is 91.1 Å². The molecule has 9 aliphatic heterocycles. The Balaban J connectivity index is 0.000000188. The third-order valence-corrected chi connectivity index (χ3v) is 20.5. The second-order valence-corrected chi connectivity index (χ2v) is 28.8. The van der Waals surface area contributed by atoms with Crippen molar-refractivity contribution in [2.75, 3.05) is 52.4 Å². The van der Waals surface area contributed by atoms with Crippen molar-refractivity contribution in [1.29, 1.82) is 0 Å². The average molecular weight is 1660 g/mol. The number of Topliss-reactive ketones (excluding diaryl/α,β-unsaturated/α-hetero) is 5. The summed E-state index contributed by atoms with van der Waals surface area (Å²) in [5, 5.41) is 15.7. The standard InChI is InChI=1S/C33H32N4O8.C18H18N4O5.C17H20N4O4.C10H16N4O3.C3H6O.H4N2/c1-22(38)27-17-10-18-35(33(43)45-21-24-13-6-3-7-14-24)37(27)31(41)28(19-34-32(42)44-20-23-11-4-2-5-12-23)36-29(39)25-15-8-9-16-26(25)30(36)40;1-10(23)13-7-4-8-20-18(27)19-9-14(17(26)22(13)20)21-15(24)11-5-2-3-6-12(11)16(21)25;1-10(22)13-7-4-8-19-21(13)17(25)14(9-18)20-15(23)11-5-2-3-6-12(11)16(20)24;1-6(15)8-3-2-4-13-10(17)12-5-7(11)9(16)14(8)13;1-3(2)4;1-2/h2-9,11-16,27-28H,10,17-21H2,1H3,(H,34,42);2-3,5-6,13-14H,4,7-9H2,1H3,(H,19,27);2-3,5-6,13-14,19H,4,7-9,18H2,1H3;7-8H,2-5,11H2,1H3,(H,12,17);1-2H3;1-2H2/t27-,28-;2*13-,14-;7-,8-;;/m0000../s1. The zero-order valence-corrected chi connectivity index (χ0v) is 66.9. The zero-order valence-electron chi connectivity index (χ0n) is 66.9. The van der Waals surface area contributed by atoms with Gasteiger partial charge in [0.2, 0.25) is 0 Å². The van der Waals surface area contributed by atoms with E-state index in [-0.39, 0.29) is 121 Å². The summed E-state index contributed by atoms with van der Waals surface area (Å²) >= 11 is 0. The summed E-state index contributed by atoms with van der Waals surface area (Å²) in [6, 6.07) is 28.0. The highest BCUT2D eigenvalue weighted by molar-refractivity contribution is 6.25. The molecule has 0 bridgehead atoms. The Bertz CT molecular complexity index is 4690. The Kier molecular flexibility index (Phi) is 31.1. The first-order valence-electron chi connectivity index (χ1n) is 38.7. The van der Waals surface area contributed by atoms with Crippen LogP contribution in [0.4, 0.5) is 19.2 Å². The number of alkyl carbamates (subject to hydrolysis) is 1. The topological polar surface area (TPSA) is 527 Å². The van der Waals surface area contributed by atoms with Crippen LogP contribution in [0.5, 0.6) is 0 Å². The highest BCUT2D eigenvalue weighted by Gasteiger charge is 2.53. The van der Waals surface area contributed by atoms with Gasteiger partial charge in [0.1, 0.15) is 67.3 Å². The number of hydrogen-bond donors (Lipinski definition) is 8. The van der Waals surface area contributed by atoms with Gasteiger partial charge in [-0.05, 0) is 140 Å². The number of rotatable bonds is 16. The summed E-state index contributed by atoms with van der Waals surface area (Å²) in [7, 11) is 0. The molecule has 0 spiro atoms. The lowest BCUT2D eigenvalue weighted by Gasteiger charge is -2.44. The molecule has 0 unspecified atom stereocenters. The maximum Gasteiger partial charge on any atom is 0.429 e. The minimum atomic E-state index is -1.62. The Labute approximate surface area is 689 Å². The van der Waals surface area contributed by atoms with Gasteiger partial charge in [-0.3, -0.25) is 98.5 Å². The van der Waals surface area contributed by atoms with Crippen LogP contribution in [0.2, 0.25) is 0 Å². The van der Waals surface area contributed by atoms with E-state index in [1.165, 1.54) is 85.8 Å². The summed E-state index contributed by atoms with van der Waals surface area (Å²) < 4.78 is 10.8. The van der Waals surface area contributed by atoms with Crippen LogP contribution in [0.1, 0.15) is 166 Å². The number of urea groups is 2. The van der Waals surface area contributed by atoms with Gasteiger partial charge in [0, 0.05) is 45.8 Å². The quantitative estimate of drug-likeness (QED) is 0.0397. The molecule has 8 atom stereocenters.